The summed E-state index contributed by atoms with van der Waals surface area (Å²) in [5.41, 5.74) is 4.98. The predicted molar refractivity (Wildman–Crippen MR) is 137 cm³/mol. The molecule has 4 aromatic rings. The second kappa shape index (κ2) is 12.1. The van der Waals surface area contributed by atoms with E-state index >= 15 is 4.39 Å². The van der Waals surface area contributed by atoms with Gasteiger partial charge in [0.25, 0.3) is 0 Å². The van der Waals surface area contributed by atoms with Crippen LogP contribution in [0.3, 0.4) is 0 Å². The second-order valence-electron chi connectivity index (χ2n) is 9.16. The monoisotopic (exact) mass is 494 g/mol. The van der Waals surface area contributed by atoms with Crippen molar-refractivity contribution in [2.75, 3.05) is 0 Å². The van der Waals surface area contributed by atoms with E-state index in [4.69, 9.17) is 0 Å². The molecule has 4 aromatic carbocycles. The summed E-state index contributed by atoms with van der Waals surface area (Å²) in [6.45, 7) is -0.884. The normalized spacial score (nSPS) is 11.4. The SMILES string of the molecule is CCCCc1cccc(CCc2ccc3c(F)c(CCc4ccc(OC(F)F)c(F)c4)ccc3c2)c1. The van der Waals surface area contributed by atoms with Crippen LogP contribution in [-0.4, -0.2) is 6.61 Å². The fourth-order valence-electron chi connectivity index (χ4n) is 4.52. The lowest BCUT2D eigenvalue weighted by Crippen LogP contribution is -2.04. The van der Waals surface area contributed by atoms with E-state index in [-0.39, 0.29) is 5.82 Å². The largest absolute Gasteiger partial charge is 0.432 e. The lowest BCUT2D eigenvalue weighted by molar-refractivity contribution is -0.0522. The summed E-state index contributed by atoms with van der Waals surface area (Å²) in [5, 5.41) is 1.41. The molecule has 0 spiro atoms. The number of unbranched alkanes of at least 4 members (excludes halogenated alkanes) is 1. The van der Waals surface area contributed by atoms with Gasteiger partial charge in [0.05, 0.1) is 0 Å². The van der Waals surface area contributed by atoms with Gasteiger partial charge in [0.15, 0.2) is 11.6 Å². The van der Waals surface area contributed by atoms with Crippen LogP contribution in [0.15, 0.2) is 72.8 Å². The molecule has 4 rings (SSSR count). The third-order valence-corrected chi connectivity index (χ3v) is 6.51. The van der Waals surface area contributed by atoms with Crippen molar-refractivity contribution in [1.82, 2.24) is 0 Å². The van der Waals surface area contributed by atoms with Crippen LogP contribution in [0.5, 0.6) is 5.75 Å². The molecule has 1 nitrogen and oxygen atoms in total. The molecule has 188 valence electrons. The number of hydrogen-bond acceptors (Lipinski definition) is 1. The van der Waals surface area contributed by atoms with Gasteiger partial charge in [0.2, 0.25) is 0 Å². The number of hydrogen-bond donors (Lipinski definition) is 0. The Labute approximate surface area is 209 Å². The van der Waals surface area contributed by atoms with Crippen LogP contribution in [0.25, 0.3) is 10.8 Å². The van der Waals surface area contributed by atoms with Crippen LogP contribution in [0.1, 0.15) is 47.6 Å². The van der Waals surface area contributed by atoms with Crippen LogP contribution in [0, 0.1) is 11.6 Å². The van der Waals surface area contributed by atoms with Crippen molar-refractivity contribution >= 4 is 10.8 Å². The first-order valence-corrected chi connectivity index (χ1v) is 12.4. The molecular formula is C31H30F4O. The summed E-state index contributed by atoms with van der Waals surface area (Å²) in [6, 6.07) is 22.1. The fourth-order valence-corrected chi connectivity index (χ4v) is 4.52. The second-order valence-corrected chi connectivity index (χ2v) is 9.16. The van der Waals surface area contributed by atoms with Crippen molar-refractivity contribution < 1.29 is 22.3 Å². The van der Waals surface area contributed by atoms with Crippen LogP contribution < -0.4 is 4.74 Å². The summed E-state index contributed by atoms with van der Waals surface area (Å²) in [7, 11) is 0. The molecule has 0 bridgehead atoms. The van der Waals surface area contributed by atoms with Crippen LogP contribution in [0.2, 0.25) is 0 Å². The Hall–Kier alpha value is -3.34. The maximum Gasteiger partial charge on any atom is 0.387 e. The third kappa shape index (κ3) is 6.66. The summed E-state index contributed by atoms with van der Waals surface area (Å²) in [6.07, 6.45) is 6.05. The number of halogens is 4. The molecular weight excluding hydrogens is 464 g/mol. The Morgan fingerprint density at radius 1 is 0.694 bits per heavy atom. The van der Waals surface area contributed by atoms with Crippen molar-refractivity contribution in [3.63, 3.8) is 0 Å². The van der Waals surface area contributed by atoms with Gasteiger partial charge in [-0.2, -0.15) is 8.78 Å². The van der Waals surface area contributed by atoms with Gasteiger partial charge in [-0.25, -0.2) is 8.78 Å². The Morgan fingerprint density at radius 2 is 1.36 bits per heavy atom. The topological polar surface area (TPSA) is 9.23 Å². The lowest BCUT2D eigenvalue weighted by atomic mass is 9.96. The Kier molecular flexibility index (Phi) is 8.63. The molecule has 0 saturated heterocycles. The highest BCUT2D eigenvalue weighted by molar-refractivity contribution is 5.84. The van der Waals surface area contributed by atoms with Crippen LogP contribution >= 0.6 is 0 Å². The molecule has 0 atom stereocenters. The number of alkyl halides is 2. The van der Waals surface area contributed by atoms with E-state index in [0.29, 0.717) is 29.4 Å². The van der Waals surface area contributed by atoms with Crippen LogP contribution in [-0.2, 0) is 32.1 Å². The minimum absolute atomic E-state index is 0.277. The molecule has 0 aliphatic carbocycles. The van der Waals surface area contributed by atoms with Crippen LogP contribution in [0.4, 0.5) is 17.6 Å². The maximum absolute atomic E-state index is 15.2. The first kappa shape index (κ1) is 25.7. The number of rotatable bonds is 11. The highest BCUT2D eigenvalue weighted by Crippen LogP contribution is 2.26. The molecule has 0 fully saturated rings. The number of benzene rings is 4. The Bertz CT molecular complexity index is 1320. The smallest absolute Gasteiger partial charge is 0.387 e. The highest BCUT2D eigenvalue weighted by atomic mass is 19.3. The summed E-state index contributed by atoms with van der Waals surface area (Å²) in [5.74, 6) is -1.63. The van der Waals surface area contributed by atoms with Crippen molar-refractivity contribution in [1.29, 1.82) is 0 Å². The minimum atomic E-state index is -3.08. The summed E-state index contributed by atoms with van der Waals surface area (Å²) in [4.78, 5) is 0. The number of fused-ring (bicyclic) bond motifs is 1. The zero-order chi connectivity index (χ0) is 25.5. The Balaban J connectivity index is 1.41. The van der Waals surface area contributed by atoms with Crippen molar-refractivity contribution in [3.05, 3.63) is 112 Å². The average Bonchev–Trinajstić information content (AvgIpc) is 2.87. The van der Waals surface area contributed by atoms with Gasteiger partial charge in [0.1, 0.15) is 5.82 Å². The quantitative estimate of drug-likeness (QED) is 0.190. The lowest BCUT2D eigenvalue weighted by Gasteiger charge is -2.10. The summed E-state index contributed by atoms with van der Waals surface area (Å²) >= 11 is 0. The first-order valence-electron chi connectivity index (χ1n) is 12.4. The molecule has 0 aliphatic rings. The molecule has 0 heterocycles. The van der Waals surface area contributed by atoms with Gasteiger partial charge < -0.3 is 4.74 Å². The van der Waals surface area contributed by atoms with E-state index in [1.165, 1.54) is 36.1 Å². The van der Waals surface area contributed by atoms with Gasteiger partial charge in [-0.1, -0.05) is 74.0 Å². The minimum Gasteiger partial charge on any atom is -0.432 e. The van der Waals surface area contributed by atoms with E-state index in [0.717, 1.165) is 36.3 Å². The molecule has 0 unspecified atom stereocenters. The third-order valence-electron chi connectivity index (χ3n) is 6.51. The molecule has 0 N–H and O–H groups in total. The molecule has 5 heteroatoms. The van der Waals surface area contributed by atoms with E-state index in [9.17, 15) is 13.2 Å². The van der Waals surface area contributed by atoms with Gasteiger partial charge in [-0.15, -0.1) is 0 Å². The zero-order valence-corrected chi connectivity index (χ0v) is 20.4. The first-order chi connectivity index (χ1) is 17.4. The van der Waals surface area contributed by atoms with E-state index < -0.39 is 18.2 Å². The highest BCUT2D eigenvalue weighted by Gasteiger charge is 2.12. The summed E-state index contributed by atoms with van der Waals surface area (Å²) < 4.78 is 57.9. The van der Waals surface area contributed by atoms with Crippen molar-refractivity contribution in [2.45, 2.75) is 58.5 Å². The van der Waals surface area contributed by atoms with Gasteiger partial charge in [0, 0.05) is 5.39 Å². The molecule has 0 aliphatic heterocycles. The fraction of sp³-hybridized carbons (Fsp3) is 0.290. The predicted octanol–water partition coefficient (Wildman–Crippen LogP) is 8.63. The number of ether oxygens (including phenoxy) is 1. The standard InChI is InChI=1S/C31H30F4O/c1-2-3-5-21-6-4-7-22(18-21)8-9-23-11-16-27-26(19-23)15-14-25(30(27)33)13-10-24-12-17-29(28(32)20-24)36-31(34)35/h4,6-7,11-12,14-20,31H,2-3,5,8-10,13H2,1H3. The maximum atomic E-state index is 15.2. The number of aryl methyl sites for hydroxylation is 5. The average molecular weight is 495 g/mol. The molecule has 0 radical (unpaired) electrons. The molecule has 36 heavy (non-hydrogen) atoms. The zero-order valence-electron chi connectivity index (χ0n) is 20.4. The van der Waals surface area contributed by atoms with E-state index in [1.54, 1.807) is 6.07 Å². The van der Waals surface area contributed by atoms with Crippen molar-refractivity contribution in [2.24, 2.45) is 0 Å². The molecule has 0 saturated carbocycles. The van der Waals surface area contributed by atoms with Gasteiger partial charge in [-0.3, -0.25) is 0 Å². The van der Waals surface area contributed by atoms with Gasteiger partial charge in [-0.05, 0) is 83.9 Å². The Morgan fingerprint density at radius 3 is 2.08 bits per heavy atom. The van der Waals surface area contributed by atoms with Gasteiger partial charge >= 0.3 is 6.61 Å². The van der Waals surface area contributed by atoms with E-state index in [1.807, 2.05) is 24.3 Å². The molecule has 0 aromatic heterocycles. The molecule has 0 amide bonds. The van der Waals surface area contributed by atoms with E-state index in [2.05, 4.69) is 35.9 Å². The van der Waals surface area contributed by atoms with Crippen molar-refractivity contribution in [3.8, 4) is 5.75 Å².